The summed E-state index contributed by atoms with van der Waals surface area (Å²) >= 11 is 0. The van der Waals surface area contributed by atoms with Crippen LogP contribution in [0.4, 0.5) is 0 Å². The first kappa shape index (κ1) is 18.2. The van der Waals surface area contributed by atoms with Crippen molar-refractivity contribution < 1.29 is 4.52 Å². The highest BCUT2D eigenvalue weighted by atomic mass is 31.1. The molecule has 0 aliphatic heterocycles. The van der Waals surface area contributed by atoms with Gasteiger partial charge in [-0.2, -0.15) is 0 Å². The van der Waals surface area contributed by atoms with Crippen LogP contribution < -0.4 is 10.6 Å². The van der Waals surface area contributed by atoms with E-state index in [1.807, 2.05) is 0 Å². The van der Waals surface area contributed by atoms with Crippen molar-refractivity contribution in [3.05, 3.63) is 58.7 Å². The molecule has 0 saturated carbocycles. The summed E-state index contributed by atoms with van der Waals surface area (Å²) in [6.07, 6.45) is 1.11. The molecule has 1 nitrogen and oxygen atoms in total. The highest BCUT2D eigenvalue weighted by Crippen LogP contribution is 2.36. The van der Waals surface area contributed by atoms with Crippen LogP contribution in [-0.4, -0.2) is 6.61 Å². The van der Waals surface area contributed by atoms with Crippen molar-refractivity contribution >= 4 is 18.8 Å². The molecule has 124 valence electrons. The SMILES string of the molecule is Cc1cc(C)cc(P(OCCC(C)C)c2cc(C)cc(C)c2)c1. The molecular weight excluding hydrogens is 299 g/mol. The average molecular weight is 328 g/mol. The summed E-state index contributed by atoms with van der Waals surface area (Å²) in [7, 11) is -0.746. The Labute approximate surface area is 142 Å². The van der Waals surface area contributed by atoms with Crippen LogP contribution in [-0.2, 0) is 4.52 Å². The quantitative estimate of drug-likeness (QED) is 0.651. The number of hydrogen-bond donors (Lipinski definition) is 0. The summed E-state index contributed by atoms with van der Waals surface area (Å²) in [5.74, 6) is 0.672. The molecule has 2 aromatic carbocycles. The highest BCUT2D eigenvalue weighted by molar-refractivity contribution is 7.68. The Bertz CT molecular complexity index is 569. The van der Waals surface area contributed by atoms with Gasteiger partial charge in [-0.25, -0.2) is 0 Å². The summed E-state index contributed by atoms with van der Waals surface area (Å²) in [5, 5.41) is 2.65. The summed E-state index contributed by atoms with van der Waals surface area (Å²) < 4.78 is 6.41. The van der Waals surface area contributed by atoms with Crippen LogP contribution in [0.1, 0.15) is 42.5 Å². The lowest BCUT2D eigenvalue weighted by molar-refractivity contribution is 0.324. The average Bonchev–Trinajstić information content (AvgIpc) is 2.41. The van der Waals surface area contributed by atoms with Gasteiger partial charge in [0.15, 0.2) is 0 Å². The third-order valence-electron chi connectivity index (χ3n) is 3.80. The van der Waals surface area contributed by atoms with Crippen molar-refractivity contribution in [1.82, 2.24) is 0 Å². The van der Waals surface area contributed by atoms with Gasteiger partial charge in [-0.05, 0) is 64.3 Å². The molecule has 0 fully saturated rings. The van der Waals surface area contributed by atoms with E-state index in [9.17, 15) is 0 Å². The molecule has 0 bridgehead atoms. The fourth-order valence-electron chi connectivity index (χ4n) is 2.81. The van der Waals surface area contributed by atoms with E-state index in [1.165, 1.54) is 32.9 Å². The minimum Gasteiger partial charge on any atom is -0.350 e. The molecule has 2 aromatic rings. The number of hydrogen-bond acceptors (Lipinski definition) is 1. The van der Waals surface area contributed by atoms with Crippen LogP contribution in [0.2, 0.25) is 0 Å². The first-order chi connectivity index (χ1) is 10.8. The molecule has 0 unspecified atom stereocenters. The summed E-state index contributed by atoms with van der Waals surface area (Å²) in [4.78, 5) is 0. The molecule has 0 saturated heterocycles. The summed E-state index contributed by atoms with van der Waals surface area (Å²) in [6.45, 7) is 14.0. The second kappa shape index (κ2) is 8.08. The van der Waals surface area contributed by atoms with Gasteiger partial charge in [-0.3, -0.25) is 0 Å². The maximum atomic E-state index is 6.41. The van der Waals surface area contributed by atoms with Gasteiger partial charge < -0.3 is 4.52 Å². The van der Waals surface area contributed by atoms with Crippen molar-refractivity contribution in [1.29, 1.82) is 0 Å². The maximum Gasteiger partial charge on any atom is 0.0917 e. The molecule has 0 heterocycles. The van der Waals surface area contributed by atoms with Crippen molar-refractivity contribution in [2.24, 2.45) is 5.92 Å². The molecular formula is C21H29OP. The van der Waals surface area contributed by atoms with E-state index in [1.54, 1.807) is 0 Å². The van der Waals surface area contributed by atoms with Crippen LogP contribution in [0.3, 0.4) is 0 Å². The van der Waals surface area contributed by atoms with Gasteiger partial charge in [-0.1, -0.05) is 48.2 Å². The van der Waals surface area contributed by atoms with Gasteiger partial charge in [-0.15, -0.1) is 0 Å². The molecule has 0 aromatic heterocycles. The second-order valence-corrected chi connectivity index (χ2v) is 8.88. The third-order valence-corrected chi connectivity index (χ3v) is 5.69. The lowest BCUT2D eigenvalue weighted by Gasteiger charge is -2.21. The lowest BCUT2D eigenvalue weighted by Crippen LogP contribution is -2.16. The molecule has 0 aliphatic rings. The Hall–Kier alpha value is -1.17. The van der Waals surface area contributed by atoms with Gasteiger partial charge in [0.2, 0.25) is 0 Å². The van der Waals surface area contributed by atoms with Gasteiger partial charge >= 0.3 is 0 Å². The van der Waals surface area contributed by atoms with Crippen LogP contribution in [0.25, 0.3) is 0 Å². The molecule has 0 spiro atoms. The molecule has 23 heavy (non-hydrogen) atoms. The molecule has 0 radical (unpaired) electrons. The van der Waals surface area contributed by atoms with E-state index in [0.717, 1.165) is 13.0 Å². The van der Waals surface area contributed by atoms with Gasteiger partial charge in [0, 0.05) is 10.6 Å². The van der Waals surface area contributed by atoms with Crippen molar-refractivity contribution in [2.45, 2.75) is 48.0 Å². The van der Waals surface area contributed by atoms with Gasteiger partial charge in [0.1, 0.15) is 0 Å². The highest BCUT2D eigenvalue weighted by Gasteiger charge is 2.17. The normalized spacial score (nSPS) is 11.5. The van der Waals surface area contributed by atoms with E-state index in [4.69, 9.17) is 4.52 Å². The van der Waals surface area contributed by atoms with Gasteiger partial charge in [0.05, 0.1) is 14.8 Å². The fourth-order valence-corrected chi connectivity index (χ4v) is 4.98. The monoisotopic (exact) mass is 328 g/mol. The third kappa shape index (κ3) is 5.44. The predicted octanol–water partition coefficient (Wildman–Crippen LogP) is 5.33. The van der Waals surface area contributed by atoms with E-state index in [2.05, 4.69) is 77.9 Å². The standard InChI is InChI=1S/C21H29OP/c1-15(2)7-8-22-23(20-11-16(3)9-17(4)12-20)21-13-18(5)10-19(6)14-21/h9-15H,7-8H2,1-6H3. The van der Waals surface area contributed by atoms with Crippen molar-refractivity contribution in [3.63, 3.8) is 0 Å². The fraction of sp³-hybridized carbons (Fsp3) is 0.429. The lowest BCUT2D eigenvalue weighted by atomic mass is 10.1. The largest absolute Gasteiger partial charge is 0.350 e. The molecule has 0 aliphatic carbocycles. The van der Waals surface area contributed by atoms with Crippen LogP contribution >= 0.6 is 8.15 Å². The number of benzene rings is 2. The Morgan fingerprint density at radius 1 is 0.739 bits per heavy atom. The Morgan fingerprint density at radius 3 is 1.48 bits per heavy atom. The molecule has 2 heteroatoms. The minimum atomic E-state index is -0.746. The van der Waals surface area contributed by atoms with Crippen molar-refractivity contribution in [2.75, 3.05) is 6.61 Å². The van der Waals surface area contributed by atoms with E-state index >= 15 is 0 Å². The summed E-state index contributed by atoms with van der Waals surface area (Å²) in [5.41, 5.74) is 5.24. The van der Waals surface area contributed by atoms with Crippen LogP contribution in [0, 0.1) is 33.6 Å². The molecule has 0 N–H and O–H groups in total. The first-order valence-corrected chi connectivity index (χ1v) is 9.71. The zero-order valence-electron chi connectivity index (χ0n) is 15.3. The number of rotatable bonds is 6. The predicted molar refractivity (Wildman–Crippen MR) is 103 cm³/mol. The Balaban J connectivity index is 2.37. The van der Waals surface area contributed by atoms with Gasteiger partial charge in [0.25, 0.3) is 0 Å². The molecule has 0 atom stereocenters. The van der Waals surface area contributed by atoms with E-state index < -0.39 is 8.15 Å². The molecule has 2 rings (SSSR count). The van der Waals surface area contributed by atoms with Crippen LogP contribution in [0.15, 0.2) is 36.4 Å². The zero-order chi connectivity index (χ0) is 17.0. The first-order valence-electron chi connectivity index (χ1n) is 8.45. The smallest absolute Gasteiger partial charge is 0.0917 e. The zero-order valence-corrected chi connectivity index (χ0v) is 16.2. The van der Waals surface area contributed by atoms with Crippen LogP contribution in [0.5, 0.6) is 0 Å². The minimum absolute atomic E-state index is 0.672. The second-order valence-electron chi connectivity index (χ2n) is 7.00. The Morgan fingerprint density at radius 2 is 1.13 bits per heavy atom. The van der Waals surface area contributed by atoms with E-state index in [-0.39, 0.29) is 0 Å². The van der Waals surface area contributed by atoms with E-state index in [0.29, 0.717) is 5.92 Å². The summed E-state index contributed by atoms with van der Waals surface area (Å²) in [6, 6.07) is 13.6. The maximum absolute atomic E-state index is 6.41. The Kier molecular flexibility index (Phi) is 6.39. The molecule has 0 amide bonds. The topological polar surface area (TPSA) is 9.23 Å². The van der Waals surface area contributed by atoms with Crippen molar-refractivity contribution in [3.8, 4) is 0 Å². The number of aryl methyl sites for hydroxylation is 4.